The van der Waals surface area contributed by atoms with Crippen LogP contribution in [-0.2, 0) is 5.60 Å². The molecule has 2 atom stereocenters. The lowest BCUT2D eigenvalue weighted by atomic mass is 9.84. The van der Waals surface area contributed by atoms with Gasteiger partial charge in [0.2, 0.25) is 0 Å². The molecule has 144 valence electrons. The topological polar surface area (TPSA) is 60.8 Å². The van der Waals surface area contributed by atoms with Gasteiger partial charge in [-0.25, -0.2) is 4.79 Å². The molecule has 0 aliphatic carbocycles. The molecule has 0 radical (unpaired) electrons. The number of benzene rings is 2. The molecule has 0 bridgehead atoms. The molecule has 0 saturated carbocycles. The van der Waals surface area contributed by atoms with Crippen LogP contribution in [0.1, 0.15) is 43.9 Å². The largest absolute Gasteiger partial charge is 0.465 e. The minimum Gasteiger partial charge on any atom is -0.465 e. The van der Waals surface area contributed by atoms with E-state index in [1.165, 1.54) is 4.90 Å². The summed E-state index contributed by atoms with van der Waals surface area (Å²) in [6, 6.07) is 16.7. The minimum absolute atomic E-state index is 0.214. The van der Waals surface area contributed by atoms with Gasteiger partial charge in [-0.15, -0.1) is 6.58 Å². The first-order valence-corrected chi connectivity index (χ1v) is 9.69. The Morgan fingerprint density at radius 2 is 1.78 bits per heavy atom. The standard InChI is InChI=1S/C22H26BrNO3/c1-16(2)15-22(27,19-7-5-4-6-8-19)13-14-24(21(25)26)17(3)18-9-11-20(23)12-10-18/h4-12,17,27H,1,13-15H2,2-3H3,(H,25,26)/t17?,22-/m1/s1. The molecule has 5 heteroatoms. The number of nitrogens with zero attached hydrogens (tertiary/aromatic N) is 1. The third kappa shape index (κ3) is 5.68. The van der Waals surface area contributed by atoms with E-state index in [9.17, 15) is 15.0 Å². The van der Waals surface area contributed by atoms with Crippen molar-refractivity contribution in [2.45, 2.75) is 38.3 Å². The average molecular weight is 432 g/mol. The van der Waals surface area contributed by atoms with E-state index in [4.69, 9.17) is 0 Å². The van der Waals surface area contributed by atoms with Crippen molar-refractivity contribution >= 4 is 22.0 Å². The molecule has 2 N–H and O–H groups in total. The summed E-state index contributed by atoms with van der Waals surface area (Å²) < 4.78 is 0.945. The summed E-state index contributed by atoms with van der Waals surface area (Å²) in [7, 11) is 0. The van der Waals surface area contributed by atoms with Crippen LogP contribution < -0.4 is 0 Å². The highest BCUT2D eigenvalue weighted by molar-refractivity contribution is 9.10. The Morgan fingerprint density at radius 1 is 1.19 bits per heavy atom. The van der Waals surface area contributed by atoms with E-state index in [1.54, 1.807) is 0 Å². The molecule has 0 heterocycles. The molecule has 0 aromatic heterocycles. The molecule has 2 rings (SSSR count). The van der Waals surface area contributed by atoms with E-state index in [2.05, 4.69) is 22.5 Å². The summed E-state index contributed by atoms with van der Waals surface area (Å²) in [5.41, 5.74) is 1.38. The van der Waals surface area contributed by atoms with E-state index in [0.717, 1.165) is 21.2 Å². The van der Waals surface area contributed by atoms with E-state index in [0.29, 0.717) is 6.42 Å². The van der Waals surface area contributed by atoms with Gasteiger partial charge >= 0.3 is 6.09 Å². The minimum atomic E-state index is -1.15. The highest BCUT2D eigenvalue weighted by Crippen LogP contribution is 2.33. The molecule has 2 aromatic carbocycles. The Morgan fingerprint density at radius 3 is 2.30 bits per heavy atom. The predicted molar refractivity (Wildman–Crippen MR) is 112 cm³/mol. The lowest BCUT2D eigenvalue weighted by molar-refractivity contribution is 0.0151. The normalized spacial score (nSPS) is 14.2. The molecule has 27 heavy (non-hydrogen) atoms. The SMILES string of the molecule is C=C(C)C[C@](O)(CCN(C(=O)O)C(C)c1ccc(Br)cc1)c1ccccc1. The van der Waals surface area contributed by atoms with Crippen molar-refractivity contribution in [3.05, 3.63) is 82.3 Å². The van der Waals surface area contributed by atoms with Gasteiger partial charge in [0.25, 0.3) is 0 Å². The van der Waals surface area contributed by atoms with Crippen molar-refractivity contribution < 1.29 is 15.0 Å². The Bertz CT molecular complexity index is 776. The van der Waals surface area contributed by atoms with E-state index >= 15 is 0 Å². The summed E-state index contributed by atoms with van der Waals surface area (Å²) >= 11 is 3.39. The van der Waals surface area contributed by atoms with Crippen LogP contribution in [0.2, 0.25) is 0 Å². The van der Waals surface area contributed by atoms with Gasteiger partial charge in [0, 0.05) is 17.4 Å². The Labute approximate surface area is 169 Å². The van der Waals surface area contributed by atoms with Gasteiger partial charge in [-0.3, -0.25) is 0 Å². The lowest BCUT2D eigenvalue weighted by Crippen LogP contribution is -2.38. The number of halogens is 1. The molecular weight excluding hydrogens is 406 g/mol. The van der Waals surface area contributed by atoms with Crippen LogP contribution >= 0.6 is 15.9 Å². The van der Waals surface area contributed by atoms with Gasteiger partial charge in [0.15, 0.2) is 0 Å². The fourth-order valence-electron chi connectivity index (χ4n) is 3.26. The summed E-state index contributed by atoms with van der Waals surface area (Å²) in [6.45, 7) is 7.87. The van der Waals surface area contributed by atoms with Crippen LogP contribution in [0.3, 0.4) is 0 Å². The maximum absolute atomic E-state index is 11.9. The number of hydrogen-bond donors (Lipinski definition) is 2. The Balaban J connectivity index is 2.22. The molecular formula is C22H26BrNO3. The number of carbonyl (C=O) groups is 1. The zero-order valence-electron chi connectivity index (χ0n) is 15.7. The molecule has 0 saturated heterocycles. The summed E-state index contributed by atoms with van der Waals surface area (Å²) in [6.07, 6.45) is -0.329. The van der Waals surface area contributed by atoms with Crippen molar-refractivity contribution in [2.24, 2.45) is 0 Å². The molecule has 1 amide bonds. The third-order valence-electron chi connectivity index (χ3n) is 4.74. The van der Waals surface area contributed by atoms with Gasteiger partial charge < -0.3 is 15.1 Å². The molecule has 0 aliphatic heterocycles. The molecule has 0 fully saturated rings. The van der Waals surface area contributed by atoms with Crippen molar-refractivity contribution in [3.63, 3.8) is 0 Å². The van der Waals surface area contributed by atoms with Crippen LogP contribution in [0, 0.1) is 0 Å². The van der Waals surface area contributed by atoms with Gasteiger partial charge in [-0.2, -0.15) is 0 Å². The molecule has 0 aliphatic rings. The zero-order valence-corrected chi connectivity index (χ0v) is 17.3. The third-order valence-corrected chi connectivity index (χ3v) is 5.27. The van der Waals surface area contributed by atoms with Crippen LogP contribution in [-0.4, -0.2) is 27.8 Å². The van der Waals surface area contributed by atoms with E-state index < -0.39 is 11.7 Å². The van der Waals surface area contributed by atoms with E-state index in [-0.39, 0.29) is 19.0 Å². The predicted octanol–water partition coefficient (Wildman–Crippen LogP) is 5.73. The summed E-state index contributed by atoms with van der Waals surface area (Å²) in [5, 5.41) is 21.0. The maximum atomic E-state index is 11.9. The van der Waals surface area contributed by atoms with Crippen molar-refractivity contribution in [2.75, 3.05) is 6.54 Å². The van der Waals surface area contributed by atoms with Gasteiger partial charge in [0.05, 0.1) is 11.6 Å². The monoisotopic (exact) mass is 431 g/mol. The van der Waals surface area contributed by atoms with Crippen LogP contribution in [0.4, 0.5) is 4.79 Å². The number of aliphatic hydroxyl groups is 1. The fourth-order valence-corrected chi connectivity index (χ4v) is 3.53. The van der Waals surface area contributed by atoms with Crippen molar-refractivity contribution in [1.29, 1.82) is 0 Å². The molecule has 2 aromatic rings. The quantitative estimate of drug-likeness (QED) is 0.524. The van der Waals surface area contributed by atoms with Crippen molar-refractivity contribution in [3.8, 4) is 0 Å². The smallest absolute Gasteiger partial charge is 0.407 e. The second kappa shape index (κ2) is 9.20. The first kappa shape index (κ1) is 21.2. The number of amides is 1. The highest BCUT2D eigenvalue weighted by Gasteiger charge is 2.32. The molecule has 1 unspecified atom stereocenters. The zero-order chi connectivity index (χ0) is 20.0. The second-order valence-corrected chi connectivity index (χ2v) is 7.90. The highest BCUT2D eigenvalue weighted by atomic mass is 79.9. The molecule has 0 spiro atoms. The van der Waals surface area contributed by atoms with Gasteiger partial charge in [-0.05, 0) is 43.5 Å². The maximum Gasteiger partial charge on any atom is 0.407 e. The average Bonchev–Trinajstić information content (AvgIpc) is 2.62. The number of carboxylic acid groups (broad SMARTS) is 1. The number of hydrogen-bond acceptors (Lipinski definition) is 2. The first-order valence-electron chi connectivity index (χ1n) is 8.90. The lowest BCUT2D eigenvalue weighted by Gasteiger charge is -2.33. The van der Waals surface area contributed by atoms with Gasteiger partial charge in [0.1, 0.15) is 0 Å². The Hall–Kier alpha value is -2.11. The van der Waals surface area contributed by atoms with Crippen LogP contribution in [0.25, 0.3) is 0 Å². The van der Waals surface area contributed by atoms with Crippen LogP contribution in [0.15, 0.2) is 71.2 Å². The Kier molecular flexibility index (Phi) is 7.22. The fraction of sp³-hybridized carbons (Fsp3) is 0.318. The van der Waals surface area contributed by atoms with Gasteiger partial charge in [-0.1, -0.05) is 64.0 Å². The van der Waals surface area contributed by atoms with Crippen molar-refractivity contribution in [1.82, 2.24) is 4.90 Å². The summed E-state index contributed by atoms with van der Waals surface area (Å²) in [5.74, 6) is 0. The first-order chi connectivity index (χ1) is 12.7. The van der Waals surface area contributed by atoms with Crippen LogP contribution in [0.5, 0.6) is 0 Å². The number of rotatable bonds is 8. The second-order valence-electron chi connectivity index (χ2n) is 6.98. The summed E-state index contributed by atoms with van der Waals surface area (Å²) in [4.78, 5) is 13.2. The molecule has 4 nitrogen and oxygen atoms in total. The van der Waals surface area contributed by atoms with E-state index in [1.807, 2.05) is 68.4 Å².